The Labute approximate surface area is 125 Å². The Morgan fingerprint density at radius 2 is 2.24 bits per heavy atom. The Kier molecular flexibility index (Phi) is 3.73. The number of nitrogens with one attached hydrogen (secondary N) is 2. The van der Waals surface area contributed by atoms with Gasteiger partial charge in [0.2, 0.25) is 0 Å². The fraction of sp³-hybridized carbons (Fsp3) is 0.538. The quantitative estimate of drug-likeness (QED) is 0.665. The summed E-state index contributed by atoms with van der Waals surface area (Å²) < 4.78 is 0. The van der Waals surface area contributed by atoms with Crippen LogP contribution in [0.4, 0.5) is 10.8 Å². The molecule has 8 heteroatoms. The van der Waals surface area contributed by atoms with Gasteiger partial charge in [-0.15, -0.1) is 0 Å². The summed E-state index contributed by atoms with van der Waals surface area (Å²) in [6, 6.07) is 1.55. The molecule has 112 valence electrons. The van der Waals surface area contributed by atoms with Crippen LogP contribution in [0.2, 0.25) is 0 Å². The van der Waals surface area contributed by atoms with E-state index in [1.54, 1.807) is 6.07 Å². The second-order valence-corrected chi connectivity index (χ2v) is 6.71. The molecule has 0 bridgehead atoms. The molecule has 0 atom stereocenters. The van der Waals surface area contributed by atoms with Gasteiger partial charge < -0.3 is 10.6 Å². The molecule has 3 heterocycles. The van der Waals surface area contributed by atoms with E-state index in [9.17, 15) is 10.1 Å². The highest BCUT2D eigenvalue weighted by molar-refractivity contribution is 7.21. The third-order valence-electron chi connectivity index (χ3n) is 3.99. The normalized spacial score (nSPS) is 17.8. The van der Waals surface area contributed by atoms with Gasteiger partial charge in [0.1, 0.15) is 17.0 Å². The minimum absolute atomic E-state index is 0.0987. The molecule has 1 fully saturated rings. The zero-order valence-corrected chi connectivity index (χ0v) is 12.6. The first kappa shape index (κ1) is 14.2. The molecule has 1 saturated heterocycles. The molecule has 3 rings (SSSR count). The molecule has 0 saturated carbocycles. The zero-order chi connectivity index (χ0) is 14.9. The maximum atomic E-state index is 10.9. The van der Waals surface area contributed by atoms with E-state index in [2.05, 4.69) is 27.5 Å². The third kappa shape index (κ3) is 2.96. The van der Waals surface area contributed by atoms with Gasteiger partial charge in [0.15, 0.2) is 0 Å². The van der Waals surface area contributed by atoms with Gasteiger partial charge in [-0.1, -0.05) is 6.92 Å². The fourth-order valence-electron chi connectivity index (χ4n) is 2.58. The molecule has 0 unspecified atom stereocenters. The molecule has 0 radical (unpaired) electrons. The lowest BCUT2D eigenvalue weighted by atomic mass is 9.81. The number of nitro groups is 1. The van der Waals surface area contributed by atoms with Crippen LogP contribution in [0.3, 0.4) is 0 Å². The van der Waals surface area contributed by atoms with Gasteiger partial charge in [-0.25, -0.2) is 9.97 Å². The molecule has 2 aromatic rings. The van der Waals surface area contributed by atoms with Gasteiger partial charge in [0, 0.05) is 12.6 Å². The number of thiophene rings is 1. The van der Waals surface area contributed by atoms with Crippen LogP contribution in [0.1, 0.15) is 19.8 Å². The minimum Gasteiger partial charge on any atom is -0.369 e. The van der Waals surface area contributed by atoms with Crippen molar-refractivity contribution < 1.29 is 4.92 Å². The zero-order valence-electron chi connectivity index (χ0n) is 11.8. The van der Waals surface area contributed by atoms with E-state index in [1.807, 2.05) is 0 Å². The average Bonchev–Trinajstić information content (AvgIpc) is 2.91. The van der Waals surface area contributed by atoms with Crippen molar-refractivity contribution in [1.82, 2.24) is 15.3 Å². The van der Waals surface area contributed by atoms with Crippen LogP contribution in [-0.4, -0.2) is 34.5 Å². The Morgan fingerprint density at radius 1 is 1.48 bits per heavy atom. The van der Waals surface area contributed by atoms with E-state index in [4.69, 9.17) is 0 Å². The van der Waals surface area contributed by atoms with Gasteiger partial charge in [-0.2, -0.15) is 0 Å². The lowest BCUT2D eigenvalue weighted by molar-refractivity contribution is -0.380. The number of aromatic nitrogens is 2. The van der Waals surface area contributed by atoms with E-state index in [-0.39, 0.29) is 15.3 Å². The second-order valence-electron chi connectivity index (χ2n) is 5.70. The molecule has 7 nitrogen and oxygen atoms in total. The lowest BCUT2D eigenvalue weighted by Crippen LogP contribution is -2.39. The number of anilines is 1. The van der Waals surface area contributed by atoms with E-state index < -0.39 is 0 Å². The van der Waals surface area contributed by atoms with Gasteiger partial charge in [0.05, 0.1) is 10.3 Å². The highest BCUT2D eigenvalue weighted by atomic mass is 32.1. The predicted octanol–water partition coefficient (Wildman–Crippen LogP) is 2.40. The van der Waals surface area contributed by atoms with Crippen LogP contribution in [0, 0.1) is 15.5 Å². The van der Waals surface area contributed by atoms with Gasteiger partial charge in [-0.3, -0.25) is 10.1 Å². The standard InChI is InChI=1S/C13H17N5O2S/c1-13(2-4-14-5-3-13)7-15-11-9-6-10(18(19)20)21-12(9)17-8-16-11/h6,8,14H,2-5,7H2,1H3,(H,15,16,17). The van der Waals surface area contributed by atoms with Crippen molar-refractivity contribution in [3.63, 3.8) is 0 Å². The van der Waals surface area contributed by atoms with Crippen molar-refractivity contribution in [1.29, 1.82) is 0 Å². The number of nitrogens with zero attached hydrogens (tertiary/aromatic N) is 3. The molecule has 2 N–H and O–H groups in total. The first-order valence-electron chi connectivity index (χ1n) is 6.91. The summed E-state index contributed by atoms with van der Waals surface area (Å²) in [5.74, 6) is 0.684. The average molecular weight is 307 g/mol. The van der Waals surface area contributed by atoms with Gasteiger partial charge in [0.25, 0.3) is 0 Å². The first-order chi connectivity index (χ1) is 10.1. The largest absolute Gasteiger partial charge is 0.369 e. The van der Waals surface area contributed by atoms with Crippen molar-refractivity contribution in [2.75, 3.05) is 25.0 Å². The summed E-state index contributed by atoms with van der Waals surface area (Å²) in [6.45, 7) is 5.13. The maximum Gasteiger partial charge on any atom is 0.326 e. The Balaban J connectivity index is 1.81. The number of fused-ring (bicyclic) bond motifs is 1. The maximum absolute atomic E-state index is 10.9. The summed E-state index contributed by atoms with van der Waals surface area (Å²) in [5, 5.41) is 18.4. The van der Waals surface area contributed by atoms with E-state index in [1.165, 1.54) is 6.33 Å². The van der Waals surface area contributed by atoms with Gasteiger partial charge in [-0.05, 0) is 42.7 Å². The summed E-state index contributed by atoms with van der Waals surface area (Å²) in [4.78, 5) is 19.5. The van der Waals surface area contributed by atoms with Crippen molar-refractivity contribution in [3.8, 4) is 0 Å². The van der Waals surface area contributed by atoms with Gasteiger partial charge >= 0.3 is 5.00 Å². The number of rotatable bonds is 4. The Morgan fingerprint density at radius 3 is 2.95 bits per heavy atom. The Bertz CT molecular complexity index is 666. The molecular weight excluding hydrogens is 290 g/mol. The molecule has 0 spiro atoms. The SMILES string of the molecule is CC1(CNc2ncnc3sc([N+](=O)[O-])cc23)CCNCC1. The summed E-state index contributed by atoms with van der Waals surface area (Å²) in [6.07, 6.45) is 3.67. The Hall–Kier alpha value is -1.80. The monoisotopic (exact) mass is 307 g/mol. The first-order valence-corrected chi connectivity index (χ1v) is 7.73. The van der Waals surface area contributed by atoms with Crippen LogP contribution < -0.4 is 10.6 Å². The van der Waals surface area contributed by atoms with E-state index in [0.717, 1.165) is 49.2 Å². The fourth-order valence-corrected chi connectivity index (χ4v) is 3.39. The van der Waals surface area contributed by atoms with Crippen LogP contribution in [0.25, 0.3) is 10.2 Å². The smallest absolute Gasteiger partial charge is 0.326 e. The molecule has 0 aromatic carbocycles. The van der Waals surface area contributed by atoms with Crippen molar-refractivity contribution in [2.45, 2.75) is 19.8 Å². The van der Waals surface area contributed by atoms with Crippen molar-refractivity contribution >= 4 is 32.4 Å². The summed E-state index contributed by atoms with van der Waals surface area (Å²) >= 11 is 1.08. The molecule has 0 aliphatic carbocycles. The number of piperidine rings is 1. The predicted molar refractivity (Wildman–Crippen MR) is 82.8 cm³/mol. The third-order valence-corrected chi connectivity index (χ3v) is 4.98. The molecule has 1 aliphatic rings. The van der Waals surface area contributed by atoms with Crippen LogP contribution in [-0.2, 0) is 0 Å². The van der Waals surface area contributed by atoms with Crippen LogP contribution >= 0.6 is 11.3 Å². The van der Waals surface area contributed by atoms with Crippen LogP contribution in [0.5, 0.6) is 0 Å². The number of hydrogen-bond acceptors (Lipinski definition) is 7. The summed E-state index contributed by atoms with van der Waals surface area (Å²) in [7, 11) is 0. The molecule has 1 aliphatic heterocycles. The number of hydrogen-bond donors (Lipinski definition) is 2. The lowest BCUT2D eigenvalue weighted by Gasteiger charge is -2.34. The topological polar surface area (TPSA) is 93.0 Å². The molecule has 21 heavy (non-hydrogen) atoms. The second kappa shape index (κ2) is 5.53. The van der Waals surface area contributed by atoms with Crippen molar-refractivity contribution in [2.24, 2.45) is 5.41 Å². The molecule has 0 amide bonds. The highest BCUT2D eigenvalue weighted by Crippen LogP contribution is 2.34. The van der Waals surface area contributed by atoms with E-state index in [0.29, 0.717) is 10.6 Å². The highest BCUT2D eigenvalue weighted by Gasteiger charge is 2.27. The van der Waals surface area contributed by atoms with E-state index >= 15 is 0 Å². The molecule has 2 aromatic heterocycles. The van der Waals surface area contributed by atoms with Crippen molar-refractivity contribution in [3.05, 3.63) is 22.5 Å². The van der Waals surface area contributed by atoms with Crippen LogP contribution in [0.15, 0.2) is 12.4 Å². The minimum atomic E-state index is -0.385. The molecular formula is C13H17N5O2S. The summed E-state index contributed by atoms with van der Waals surface area (Å²) in [5.41, 5.74) is 0.227.